The lowest BCUT2D eigenvalue weighted by molar-refractivity contribution is -0.254. The maximum Gasteiger partial charge on any atom is 0.256 e. The van der Waals surface area contributed by atoms with Gasteiger partial charge in [-0.1, -0.05) is 54.6 Å². The average molecular weight is 442 g/mol. The van der Waals surface area contributed by atoms with Crippen molar-refractivity contribution in [3.05, 3.63) is 87.5 Å². The molecule has 0 aromatic heterocycles. The van der Waals surface area contributed by atoms with Crippen LogP contribution in [-0.2, 0) is 0 Å². The van der Waals surface area contributed by atoms with Crippen molar-refractivity contribution in [1.82, 2.24) is 0 Å². The fraction of sp³-hybridized carbons (Fsp3) is 0. The molecule has 1 N–H and O–H groups in total. The van der Waals surface area contributed by atoms with E-state index in [-0.39, 0.29) is 11.5 Å². The summed E-state index contributed by atoms with van der Waals surface area (Å²) >= 11 is 2.15. The third-order valence-corrected chi connectivity index (χ3v) is 4.67. The summed E-state index contributed by atoms with van der Waals surface area (Å²) in [5, 5.41) is 14.3. The molecule has 3 aromatic carbocycles. The lowest BCUT2D eigenvalue weighted by Crippen LogP contribution is -2.23. The Kier molecular flexibility index (Phi) is 5.14. The van der Waals surface area contributed by atoms with Crippen LogP contribution in [0.4, 0.5) is 5.69 Å². The molecule has 4 nitrogen and oxygen atoms in total. The van der Waals surface area contributed by atoms with Crippen LogP contribution in [0, 0.1) is 3.57 Å². The molecule has 124 valence electrons. The first kappa shape index (κ1) is 17.2. The van der Waals surface area contributed by atoms with Crippen molar-refractivity contribution in [2.24, 2.45) is 0 Å². The van der Waals surface area contributed by atoms with E-state index in [4.69, 9.17) is 0 Å². The predicted octanol–water partition coefficient (Wildman–Crippen LogP) is 3.57. The summed E-state index contributed by atoms with van der Waals surface area (Å²) in [7, 11) is 0. The van der Waals surface area contributed by atoms with E-state index in [2.05, 4.69) is 27.9 Å². The zero-order valence-electron chi connectivity index (χ0n) is 13.0. The number of benzene rings is 3. The normalized spacial score (nSPS) is 10.3. The predicted molar refractivity (Wildman–Crippen MR) is 103 cm³/mol. The maximum atomic E-state index is 12.8. The van der Waals surface area contributed by atoms with Crippen LogP contribution >= 0.6 is 22.6 Å². The van der Waals surface area contributed by atoms with Gasteiger partial charge in [-0.2, -0.15) is 0 Å². The van der Waals surface area contributed by atoms with Gasteiger partial charge in [0.25, 0.3) is 5.91 Å². The molecule has 25 heavy (non-hydrogen) atoms. The minimum atomic E-state index is -1.27. The molecule has 1 amide bonds. The molecule has 0 unspecified atom stereocenters. The first-order chi connectivity index (χ1) is 12.1. The van der Waals surface area contributed by atoms with Crippen LogP contribution in [-0.4, -0.2) is 11.9 Å². The number of anilines is 1. The van der Waals surface area contributed by atoms with Crippen LogP contribution in [0.25, 0.3) is 11.1 Å². The summed E-state index contributed by atoms with van der Waals surface area (Å²) in [6.07, 6.45) is 0. The molecule has 0 radical (unpaired) electrons. The number of rotatable bonds is 4. The van der Waals surface area contributed by atoms with Gasteiger partial charge in [0, 0.05) is 14.7 Å². The van der Waals surface area contributed by atoms with Gasteiger partial charge < -0.3 is 15.2 Å². The Labute approximate surface area is 158 Å². The van der Waals surface area contributed by atoms with Gasteiger partial charge in [-0.05, 0) is 51.9 Å². The van der Waals surface area contributed by atoms with E-state index in [9.17, 15) is 14.7 Å². The van der Waals surface area contributed by atoms with Crippen LogP contribution in [0.15, 0.2) is 72.8 Å². The molecule has 0 aliphatic carbocycles. The number of carboxylic acid groups (broad SMARTS) is 1. The smallest absolute Gasteiger partial charge is 0.256 e. The number of amides is 1. The molecule has 0 saturated heterocycles. The summed E-state index contributed by atoms with van der Waals surface area (Å²) in [4.78, 5) is 24.2. The third-order valence-electron chi connectivity index (χ3n) is 3.73. The van der Waals surface area contributed by atoms with Crippen molar-refractivity contribution in [1.29, 1.82) is 0 Å². The second kappa shape index (κ2) is 7.48. The molecule has 0 aliphatic heterocycles. The van der Waals surface area contributed by atoms with Crippen LogP contribution < -0.4 is 10.4 Å². The Morgan fingerprint density at radius 2 is 1.28 bits per heavy atom. The Balaban J connectivity index is 2.04. The van der Waals surface area contributed by atoms with Gasteiger partial charge in [-0.3, -0.25) is 4.79 Å². The van der Waals surface area contributed by atoms with Crippen molar-refractivity contribution in [3.63, 3.8) is 0 Å². The Morgan fingerprint density at radius 1 is 0.760 bits per heavy atom. The molecule has 0 bridgehead atoms. The van der Waals surface area contributed by atoms with E-state index in [1.165, 1.54) is 6.07 Å². The van der Waals surface area contributed by atoms with Crippen molar-refractivity contribution in [3.8, 4) is 11.1 Å². The zero-order chi connectivity index (χ0) is 17.8. The molecule has 3 aromatic rings. The van der Waals surface area contributed by atoms with Crippen molar-refractivity contribution < 1.29 is 14.7 Å². The van der Waals surface area contributed by atoms with Gasteiger partial charge in [0.1, 0.15) is 0 Å². The Morgan fingerprint density at radius 3 is 1.92 bits per heavy atom. The van der Waals surface area contributed by atoms with Crippen LogP contribution in [0.5, 0.6) is 0 Å². The minimum absolute atomic E-state index is 0.0528. The highest BCUT2D eigenvalue weighted by molar-refractivity contribution is 14.1. The number of carboxylic acids is 1. The Bertz CT molecular complexity index is 953. The van der Waals surface area contributed by atoms with Crippen molar-refractivity contribution in [2.45, 2.75) is 0 Å². The number of aromatic carboxylic acids is 1. The third kappa shape index (κ3) is 3.71. The van der Waals surface area contributed by atoms with E-state index < -0.39 is 5.97 Å². The monoisotopic (exact) mass is 442 g/mol. The molecule has 0 heterocycles. The topological polar surface area (TPSA) is 69.2 Å². The standard InChI is InChI=1S/C20H14INO3/c21-17-11-5-6-12-18(17)22-19(23)15-9-3-1-7-13(15)14-8-2-4-10-16(14)20(24)25/h1-12H,(H,22,23)(H,24,25)/p-1. The van der Waals surface area contributed by atoms with Gasteiger partial charge in [0.15, 0.2) is 0 Å². The second-order valence-corrected chi connectivity index (χ2v) is 6.47. The van der Waals surface area contributed by atoms with E-state index >= 15 is 0 Å². The number of carbonyl (C=O) groups is 2. The summed E-state index contributed by atoms with van der Waals surface area (Å²) in [6.45, 7) is 0. The fourth-order valence-corrected chi connectivity index (χ4v) is 3.09. The number of carbonyl (C=O) groups excluding carboxylic acids is 2. The highest BCUT2D eigenvalue weighted by Gasteiger charge is 2.15. The highest BCUT2D eigenvalue weighted by Crippen LogP contribution is 2.28. The first-order valence-corrected chi connectivity index (χ1v) is 8.61. The second-order valence-electron chi connectivity index (χ2n) is 5.31. The fourth-order valence-electron chi connectivity index (χ4n) is 2.56. The van der Waals surface area contributed by atoms with Gasteiger partial charge in [0.2, 0.25) is 0 Å². The summed E-state index contributed by atoms with van der Waals surface area (Å²) < 4.78 is 0.918. The summed E-state index contributed by atoms with van der Waals surface area (Å²) in [6, 6.07) is 20.9. The van der Waals surface area contributed by atoms with Gasteiger partial charge in [0.05, 0.1) is 11.7 Å². The van der Waals surface area contributed by atoms with Crippen LogP contribution in [0.3, 0.4) is 0 Å². The van der Waals surface area contributed by atoms with E-state index in [1.807, 2.05) is 24.3 Å². The number of para-hydroxylation sites is 1. The number of hydrogen-bond donors (Lipinski definition) is 1. The summed E-state index contributed by atoms with van der Waals surface area (Å²) in [5.74, 6) is -1.57. The molecule has 0 atom stereocenters. The van der Waals surface area contributed by atoms with Crippen molar-refractivity contribution in [2.75, 3.05) is 5.32 Å². The SMILES string of the molecule is O=C([O-])c1ccccc1-c1ccccc1C(=O)Nc1ccccc1I. The molecular formula is C20H13INO3-. The van der Waals surface area contributed by atoms with Gasteiger partial charge in [-0.15, -0.1) is 0 Å². The molecule has 3 rings (SSSR count). The largest absolute Gasteiger partial charge is 0.545 e. The van der Waals surface area contributed by atoms with Gasteiger partial charge in [-0.25, -0.2) is 0 Å². The Hall–Kier alpha value is -2.67. The molecule has 0 spiro atoms. The molecule has 0 aliphatic rings. The van der Waals surface area contributed by atoms with Crippen LogP contribution in [0.2, 0.25) is 0 Å². The molecule has 5 heteroatoms. The van der Waals surface area contributed by atoms with Crippen molar-refractivity contribution >= 4 is 40.2 Å². The highest BCUT2D eigenvalue weighted by atomic mass is 127. The van der Waals surface area contributed by atoms with E-state index in [1.54, 1.807) is 42.5 Å². The van der Waals surface area contributed by atoms with E-state index in [0.29, 0.717) is 22.4 Å². The number of halogens is 1. The van der Waals surface area contributed by atoms with E-state index in [0.717, 1.165) is 3.57 Å². The first-order valence-electron chi connectivity index (χ1n) is 7.53. The zero-order valence-corrected chi connectivity index (χ0v) is 15.2. The number of nitrogens with one attached hydrogen (secondary N) is 1. The lowest BCUT2D eigenvalue weighted by atomic mass is 9.95. The lowest BCUT2D eigenvalue weighted by Gasteiger charge is -2.15. The molecule has 0 saturated carbocycles. The van der Waals surface area contributed by atoms with Crippen LogP contribution in [0.1, 0.15) is 20.7 Å². The number of hydrogen-bond acceptors (Lipinski definition) is 3. The van der Waals surface area contributed by atoms with Gasteiger partial charge >= 0.3 is 0 Å². The molecule has 0 fully saturated rings. The maximum absolute atomic E-state index is 12.8. The molecular weight excluding hydrogens is 429 g/mol. The quantitative estimate of drug-likeness (QED) is 0.629. The average Bonchev–Trinajstić information content (AvgIpc) is 2.63. The summed E-state index contributed by atoms with van der Waals surface area (Å²) in [5.41, 5.74) is 2.16. The minimum Gasteiger partial charge on any atom is -0.545 e.